The minimum atomic E-state index is 0.0798. The van der Waals surface area contributed by atoms with Crippen LogP contribution in [0.3, 0.4) is 0 Å². The predicted octanol–water partition coefficient (Wildman–Crippen LogP) is 5.09. The highest BCUT2D eigenvalue weighted by molar-refractivity contribution is 6.30. The van der Waals surface area contributed by atoms with Crippen LogP contribution >= 0.6 is 11.6 Å². The molecule has 0 bridgehead atoms. The molecule has 1 aliphatic carbocycles. The first-order chi connectivity index (χ1) is 12.2. The number of rotatable bonds is 2. The van der Waals surface area contributed by atoms with Gasteiger partial charge in [0.1, 0.15) is 0 Å². The van der Waals surface area contributed by atoms with Crippen LogP contribution in [0.4, 0.5) is 5.69 Å². The number of amides is 1. The van der Waals surface area contributed by atoms with Gasteiger partial charge < -0.3 is 0 Å². The molecule has 4 rings (SSSR count). The predicted molar refractivity (Wildman–Crippen MR) is 102 cm³/mol. The van der Waals surface area contributed by atoms with Crippen LogP contribution in [-0.2, 0) is 6.54 Å². The summed E-state index contributed by atoms with van der Waals surface area (Å²) in [6, 6.07) is 16.2. The van der Waals surface area contributed by atoms with Crippen molar-refractivity contribution in [1.82, 2.24) is 4.90 Å². The van der Waals surface area contributed by atoms with Crippen LogP contribution < -0.4 is 4.90 Å². The second-order valence-electron chi connectivity index (χ2n) is 7.05. The Kier molecular flexibility index (Phi) is 4.78. The number of carbonyl (C=O) groups is 1. The van der Waals surface area contributed by atoms with Crippen LogP contribution in [0.1, 0.15) is 48.0 Å². The lowest BCUT2D eigenvalue weighted by Gasteiger charge is -2.36. The lowest BCUT2D eigenvalue weighted by Crippen LogP contribution is -2.44. The number of fused-ring (bicyclic) bond motifs is 1. The molecule has 1 fully saturated rings. The van der Waals surface area contributed by atoms with Crippen LogP contribution in [0.5, 0.6) is 0 Å². The molecule has 0 radical (unpaired) electrons. The van der Waals surface area contributed by atoms with Crippen molar-refractivity contribution in [3.63, 3.8) is 0 Å². The Hall–Kier alpha value is -1.84. The van der Waals surface area contributed by atoms with Crippen LogP contribution in [0.25, 0.3) is 0 Å². The average molecular weight is 355 g/mol. The summed E-state index contributed by atoms with van der Waals surface area (Å²) >= 11 is 6.04. The van der Waals surface area contributed by atoms with Crippen LogP contribution in [-0.4, -0.2) is 23.5 Å². The summed E-state index contributed by atoms with van der Waals surface area (Å²) in [6.45, 7) is 1.48. The number of benzene rings is 2. The Balaban J connectivity index is 1.72. The maximum absolute atomic E-state index is 13.2. The molecule has 1 saturated carbocycles. The molecular weight excluding hydrogens is 332 g/mol. The largest absolute Gasteiger partial charge is 0.295 e. The van der Waals surface area contributed by atoms with Crippen LogP contribution in [0, 0.1) is 0 Å². The Bertz CT molecular complexity index is 753. The molecule has 2 aromatic rings. The Labute approximate surface area is 154 Å². The van der Waals surface area contributed by atoms with Gasteiger partial charge in [0.25, 0.3) is 5.91 Å². The molecule has 2 aromatic carbocycles. The second kappa shape index (κ2) is 7.19. The molecule has 3 nitrogen and oxygen atoms in total. The van der Waals surface area contributed by atoms with Crippen molar-refractivity contribution in [3.05, 3.63) is 64.7 Å². The first-order valence-electron chi connectivity index (χ1n) is 9.12. The number of carbonyl (C=O) groups excluding carboxylic acids is 1. The zero-order valence-corrected chi connectivity index (χ0v) is 15.1. The summed E-state index contributed by atoms with van der Waals surface area (Å²) in [5, 5.41) is 0.690. The molecule has 2 aliphatic rings. The van der Waals surface area contributed by atoms with Gasteiger partial charge >= 0.3 is 0 Å². The first kappa shape index (κ1) is 16.6. The van der Waals surface area contributed by atoms with Crippen molar-refractivity contribution >= 4 is 23.2 Å². The maximum Gasteiger partial charge on any atom is 0.259 e. The topological polar surface area (TPSA) is 23.6 Å². The van der Waals surface area contributed by atoms with E-state index in [1.807, 2.05) is 47.4 Å². The van der Waals surface area contributed by atoms with E-state index >= 15 is 0 Å². The highest BCUT2D eigenvalue weighted by Crippen LogP contribution is 2.30. The number of halogens is 1. The number of hydrogen-bond acceptors (Lipinski definition) is 2. The van der Waals surface area contributed by atoms with Gasteiger partial charge in [0, 0.05) is 28.9 Å². The molecule has 0 unspecified atom stereocenters. The molecule has 0 atom stereocenters. The summed E-state index contributed by atoms with van der Waals surface area (Å²) in [7, 11) is 0. The highest BCUT2D eigenvalue weighted by Gasteiger charge is 2.31. The fraction of sp³-hybridized carbons (Fsp3) is 0.381. The zero-order chi connectivity index (χ0) is 17.2. The van der Waals surface area contributed by atoms with Crippen molar-refractivity contribution in [3.8, 4) is 0 Å². The van der Waals surface area contributed by atoms with Crippen molar-refractivity contribution in [2.45, 2.75) is 44.7 Å². The highest BCUT2D eigenvalue weighted by atomic mass is 35.5. The molecule has 4 heteroatoms. The van der Waals surface area contributed by atoms with Crippen LogP contribution in [0.15, 0.2) is 48.5 Å². The van der Waals surface area contributed by atoms with Gasteiger partial charge in [0.2, 0.25) is 0 Å². The van der Waals surface area contributed by atoms with E-state index in [2.05, 4.69) is 11.0 Å². The Morgan fingerprint density at radius 2 is 1.64 bits per heavy atom. The minimum Gasteiger partial charge on any atom is -0.295 e. The smallest absolute Gasteiger partial charge is 0.259 e. The average Bonchev–Trinajstić information content (AvgIpc) is 2.80. The SMILES string of the molecule is O=C1c2ccccc2CN(C2CCCCC2)CN1c1ccc(Cl)cc1. The van der Waals surface area contributed by atoms with Gasteiger partial charge in [-0.05, 0) is 48.7 Å². The van der Waals surface area contributed by atoms with Crippen molar-refractivity contribution in [2.24, 2.45) is 0 Å². The van der Waals surface area contributed by atoms with E-state index in [0.29, 0.717) is 17.7 Å². The molecule has 1 amide bonds. The molecule has 1 aliphatic heterocycles. The third-order valence-corrected chi connectivity index (χ3v) is 5.67. The molecule has 0 aromatic heterocycles. The third-order valence-electron chi connectivity index (χ3n) is 5.42. The summed E-state index contributed by atoms with van der Waals surface area (Å²) in [5.41, 5.74) is 2.86. The first-order valence-corrected chi connectivity index (χ1v) is 9.49. The normalized spacial score (nSPS) is 19.6. The quantitative estimate of drug-likeness (QED) is 0.749. The van der Waals surface area contributed by atoms with Gasteiger partial charge in [-0.2, -0.15) is 0 Å². The summed E-state index contributed by atoms with van der Waals surface area (Å²) in [5.74, 6) is 0.0798. The van der Waals surface area contributed by atoms with Gasteiger partial charge in [-0.1, -0.05) is 49.1 Å². The van der Waals surface area contributed by atoms with Gasteiger partial charge in [0.05, 0.1) is 6.67 Å². The monoisotopic (exact) mass is 354 g/mol. The summed E-state index contributed by atoms with van der Waals surface area (Å²) in [4.78, 5) is 17.6. The van der Waals surface area contributed by atoms with E-state index in [1.54, 1.807) is 0 Å². The fourth-order valence-electron chi connectivity index (χ4n) is 4.04. The van der Waals surface area contributed by atoms with Crippen molar-refractivity contribution in [2.75, 3.05) is 11.6 Å². The van der Waals surface area contributed by atoms with E-state index in [-0.39, 0.29) is 5.91 Å². The van der Waals surface area contributed by atoms with Crippen LogP contribution in [0.2, 0.25) is 5.02 Å². The molecule has 0 saturated heterocycles. The van der Waals surface area contributed by atoms with E-state index in [9.17, 15) is 4.79 Å². The lowest BCUT2D eigenvalue weighted by atomic mass is 9.94. The van der Waals surface area contributed by atoms with Crippen molar-refractivity contribution in [1.29, 1.82) is 0 Å². The Morgan fingerprint density at radius 3 is 2.40 bits per heavy atom. The third kappa shape index (κ3) is 3.44. The number of nitrogens with zero attached hydrogens (tertiary/aromatic N) is 2. The maximum atomic E-state index is 13.2. The molecule has 0 spiro atoms. The van der Waals surface area contributed by atoms with Crippen molar-refractivity contribution < 1.29 is 4.79 Å². The number of anilines is 1. The molecule has 1 heterocycles. The molecule has 130 valence electrons. The van der Waals surface area contributed by atoms with E-state index in [1.165, 1.54) is 32.1 Å². The number of hydrogen-bond donors (Lipinski definition) is 0. The zero-order valence-electron chi connectivity index (χ0n) is 14.3. The molecular formula is C21H23ClN2O. The van der Waals surface area contributed by atoms with E-state index in [4.69, 9.17) is 11.6 Å². The fourth-order valence-corrected chi connectivity index (χ4v) is 4.16. The van der Waals surface area contributed by atoms with Gasteiger partial charge in [-0.3, -0.25) is 14.6 Å². The molecule has 0 N–H and O–H groups in total. The minimum absolute atomic E-state index is 0.0798. The summed E-state index contributed by atoms with van der Waals surface area (Å²) < 4.78 is 0. The van der Waals surface area contributed by atoms with Gasteiger partial charge in [-0.25, -0.2) is 0 Å². The lowest BCUT2D eigenvalue weighted by molar-refractivity contribution is 0.0954. The van der Waals surface area contributed by atoms with Gasteiger partial charge in [-0.15, -0.1) is 0 Å². The van der Waals surface area contributed by atoms with Gasteiger partial charge in [0.15, 0.2) is 0 Å². The van der Waals surface area contributed by atoms with E-state index in [0.717, 1.165) is 23.4 Å². The standard InChI is InChI=1S/C21H23ClN2O/c22-17-10-12-19(13-11-17)24-15-23(18-7-2-1-3-8-18)14-16-6-4-5-9-20(16)21(24)25/h4-6,9-13,18H,1-3,7-8,14-15H2. The Morgan fingerprint density at radius 1 is 0.920 bits per heavy atom. The van der Waals surface area contributed by atoms with E-state index < -0.39 is 0 Å². The molecule has 25 heavy (non-hydrogen) atoms. The second-order valence-corrected chi connectivity index (χ2v) is 7.48. The summed E-state index contributed by atoms with van der Waals surface area (Å²) in [6.07, 6.45) is 6.37.